The SMILES string of the molecule is CCCCc1cc2cc(CCCC)cc3c4cc(CCCC)cc5cc(CCCC)cc(c(c1)c23)c54. The van der Waals surface area contributed by atoms with E-state index < -0.39 is 0 Å². The van der Waals surface area contributed by atoms with Crippen LogP contribution in [-0.4, -0.2) is 0 Å². The van der Waals surface area contributed by atoms with Crippen LogP contribution in [0.1, 0.15) is 101 Å². The largest absolute Gasteiger partial charge is 0.0654 e. The standard InChI is InChI=1S/C36H44/c1-5-9-13-25-17-29-18-26(14-10-6-2)23-33-34-24-28(16-12-8-4)20-30-19-27(15-11-7-3)22-32(36(30)34)31(21-25)35(29)33/h17-24H,5-16H2,1-4H3. The third-order valence-electron chi connectivity index (χ3n) is 8.19. The number of aryl methyl sites for hydroxylation is 4. The summed E-state index contributed by atoms with van der Waals surface area (Å²) >= 11 is 0. The minimum atomic E-state index is 1.18. The van der Waals surface area contributed by atoms with Crippen LogP contribution in [0.4, 0.5) is 0 Å². The lowest BCUT2D eigenvalue weighted by Gasteiger charge is -2.19. The summed E-state index contributed by atoms with van der Waals surface area (Å²) in [5.41, 5.74) is 6.03. The molecule has 188 valence electrons. The van der Waals surface area contributed by atoms with Crippen molar-refractivity contribution in [1.29, 1.82) is 0 Å². The Morgan fingerprint density at radius 2 is 0.611 bits per heavy atom. The van der Waals surface area contributed by atoms with Gasteiger partial charge in [0, 0.05) is 0 Å². The van der Waals surface area contributed by atoms with Crippen molar-refractivity contribution in [3.05, 3.63) is 70.8 Å². The molecule has 0 heteroatoms. The quantitative estimate of drug-likeness (QED) is 0.124. The second-order valence-electron chi connectivity index (χ2n) is 11.2. The molecule has 0 bridgehead atoms. The van der Waals surface area contributed by atoms with Gasteiger partial charge < -0.3 is 0 Å². The highest BCUT2D eigenvalue weighted by Crippen LogP contribution is 2.43. The Morgan fingerprint density at radius 1 is 0.361 bits per heavy atom. The summed E-state index contributed by atoms with van der Waals surface area (Å²) < 4.78 is 0. The van der Waals surface area contributed by atoms with Crippen molar-refractivity contribution in [2.45, 2.75) is 105 Å². The first-order valence-electron chi connectivity index (χ1n) is 14.9. The summed E-state index contributed by atoms with van der Waals surface area (Å²) in [4.78, 5) is 0. The molecule has 0 amide bonds. The molecule has 0 aromatic heterocycles. The lowest BCUT2D eigenvalue weighted by Crippen LogP contribution is -1.96. The minimum Gasteiger partial charge on any atom is -0.0654 e. The zero-order valence-electron chi connectivity index (χ0n) is 23.1. The fourth-order valence-corrected chi connectivity index (χ4v) is 6.23. The Bertz CT molecular complexity index is 1250. The molecule has 0 aliphatic carbocycles. The van der Waals surface area contributed by atoms with E-state index in [2.05, 4.69) is 76.2 Å². The highest BCUT2D eigenvalue weighted by Gasteiger charge is 2.17. The Kier molecular flexibility index (Phi) is 7.80. The maximum Gasteiger partial charge on any atom is -0.00260 e. The number of hydrogen-bond donors (Lipinski definition) is 0. The monoisotopic (exact) mass is 476 g/mol. The maximum atomic E-state index is 2.54. The molecular weight excluding hydrogens is 432 g/mol. The molecule has 0 aliphatic rings. The lowest BCUT2D eigenvalue weighted by atomic mass is 9.84. The molecule has 5 aromatic carbocycles. The van der Waals surface area contributed by atoms with E-state index in [9.17, 15) is 0 Å². The summed E-state index contributed by atoms with van der Waals surface area (Å²) in [6.45, 7) is 9.22. The van der Waals surface area contributed by atoms with E-state index in [1.54, 1.807) is 0 Å². The molecule has 0 saturated carbocycles. The van der Waals surface area contributed by atoms with Crippen LogP contribution in [0.5, 0.6) is 0 Å². The van der Waals surface area contributed by atoms with Crippen LogP contribution in [0.15, 0.2) is 48.5 Å². The Hall–Kier alpha value is -2.60. The molecule has 0 spiro atoms. The Morgan fingerprint density at radius 3 is 0.833 bits per heavy atom. The smallest absolute Gasteiger partial charge is 0.00260 e. The first-order valence-corrected chi connectivity index (χ1v) is 14.9. The molecule has 0 saturated heterocycles. The van der Waals surface area contributed by atoms with Gasteiger partial charge in [0.25, 0.3) is 0 Å². The molecule has 0 fully saturated rings. The predicted molar refractivity (Wildman–Crippen MR) is 162 cm³/mol. The zero-order valence-corrected chi connectivity index (χ0v) is 23.1. The highest BCUT2D eigenvalue weighted by molar-refractivity contribution is 6.33. The summed E-state index contributed by atoms with van der Waals surface area (Å²) in [5.74, 6) is 0. The molecule has 0 aliphatic heterocycles. The molecule has 0 atom stereocenters. The topological polar surface area (TPSA) is 0 Å². The summed E-state index contributed by atoms with van der Waals surface area (Å²) in [7, 11) is 0. The van der Waals surface area contributed by atoms with Gasteiger partial charge in [0.15, 0.2) is 0 Å². The fourth-order valence-electron chi connectivity index (χ4n) is 6.23. The molecule has 5 rings (SSSR count). The van der Waals surface area contributed by atoms with Gasteiger partial charge in [-0.3, -0.25) is 0 Å². The molecule has 36 heavy (non-hydrogen) atoms. The van der Waals surface area contributed by atoms with E-state index in [1.807, 2.05) is 0 Å². The number of unbranched alkanes of at least 4 members (excludes halogenated alkanes) is 4. The van der Waals surface area contributed by atoms with Crippen molar-refractivity contribution in [1.82, 2.24) is 0 Å². The second-order valence-corrected chi connectivity index (χ2v) is 11.2. The van der Waals surface area contributed by atoms with E-state index in [0.29, 0.717) is 0 Å². The molecule has 0 nitrogen and oxygen atoms in total. The molecule has 0 radical (unpaired) electrons. The molecule has 0 unspecified atom stereocenters. The first kappa shape index (κ1) is 25.1. The third-order valence-corrected chi connectivity index (χ3v) is 8.19. The van der Waals surface area contributed by atoms with Gasteiger partial charge in [-0.1, -0.05) is 102 Å². The van der Waals surface area contributed by atoms with Crippen LogP contribution in [-0.2, 0) is 25.7 Å². The summed E-state index contributed by atoms with van der Waals surface area (Å²) in [6, 6.07) is 20.2. The van der Waals surface area contributed by atoms with Crippen LogP contribution in [0.25, 0.3) is 43.1 Å². The summed E-state index contributed by atoms with van der Waals surface area (Å²) in [5, 5.41) is 11.8. The van der Waals surface area contributed by atoms with Crippen molar-refractivity contribution in [2.24, 2.45) is 0 Å². The van der Waals surface area contributed by atoms with Crippen molar-refractivity contribution in [2.75, 3.05) is 0 Å². The van der Waals surface area contributed by atoms with Crippen LogP contribution in [0, 0.1) is 0 Å². The second kappa shape index (κ2) is 11.2. The van der Waals surface area contributed by atoms with Crippen LogP contribution in [0.2, 0.25) is 0 Å². The Labute approximate surface area is 218 Å². The predicted octanol–water partition coefficient (Wildman–Crippen LogP) is 11.1. The molecular formula is C36H44. The number of fused-ring (bicyclic) bond motifs is 2. The average Bonchev–Trinajstić information content (AvgIpc) is 2.90. The minimum absolute atomic E-state index is 1.18. The molecule has 0 N–H and O–H groups in total. The van der Waals surface area contributed by atoms with Crippen molar-refractivity contribution in [3.63, 3.8) is 0 Å². The van der Waals surface area contributed by atoms with Gasteiger partial charge >= 0.3 is 0 Å². The van der Waals surface area contributed by atoms with E-state index in [-0.39, 0.29) is 0 Å². The fraction of sp³-hybridized carbons (Fsp3) is 0.444. The van der Waals surface area contributed by atoms with E-state index in [1.165, 1.54) is 142 Å². The van der Waals surface area contributed by atoms with Gasteiger partial charge in [-0.15, -0.1) is 0 Å². The van der Waals surface area contributed by atoms with E-state index in [0.717, 1.165) is 0 Å². The average molecular weight is 477 g/mol. The van der Waals surface area contributed by atoms with Crippen LogP contribution in [0.3, 0.4) is 0 Å². The van der Waals surface area contributed by atoms with Gasteiger partial charge in [0.2, 0.25) is 0 Å². The van der Waals surface area contributed by atoms with Gasteiger partial charge in [0.05, 0.1) is 0 Å². The molecule has 0 heterocycles. The summed E-state index contributed by atoms with van der Waals surface area (Å²) in [6.07, 6.45) is 14.7. The first-order chi connectivity index (χ1) is 17.7. The van der Waals surface area contributed by atoms with Gasteiger partial charge in [-0.2, -0.15) is 0 Å². The van der Waals surface area contributed by atoms with E-state index >= 15 is 0 Å². The lowest BCUT2D eigenvalue weighted by molar-refractivity contribution is 0.794. The normalized spacial score (nSPS) is 12.1. The van der Waals surface area contributed by atoms with Gasteiger partial charge in [-0.25, -0.2) is 0 Å². The van der Waals surface area contributed by atoms with Crippen LogP contribution >= 0.6 is 0 Å². The van der Waals surface area contributed by atoms with Crippen molar-refractivity contribution >= 4 is 43.1 Å². The van der Waals surface area contributed by atoms with Crippen LogP contribution < -0.4 is 0 Å². The number of benzene rings is 5. The Balaban J connectivity index is 1.89. The van der Waals surface area contributed by atoms with E-state index in [4.69, 9.17) is 0 Å². The number of hydrogen-bond acceptors (Lipinski definition) is 0. The third kappa shape index (κ3) is 4.84. The number of rotatable bonds is 12. The van der Waals surface area contributed by atoms with Crippen molar-refractivity contribution in [3.8, 4) is 0 Å². The van der Waals surface area contributed by atoms with Gasteiger partial charge in [0.1, 0.15) is 0 Å². The van der Waals surface area contributed by atoms with Gasteiger partial charge in [-0.05, 0) is 117 Å². The zero-order chi connectivity index (χ0) is 25.1. The molecule has 5 aromatic rings. The van der Waals surface area contributed by atoms with Crippen molar-refractivity contribution < 1.29 is 0 Å². The maximum absolute atomic E-state index is 2.54. The highest BCUT2D eigenvalue weighted by atomic mass is 14.2.